The zero-order chi connectivity index (χ0) is 45.6. The number of rotatable bonds is 19. The van der Waals surface area contributed by atoms with Crippen LogP contribution in [0.2, 0.25) is 0 Å². The van der Waals surface area contributed by atoms with Crippen molar-refractivity contribution >= 4 is 17.7 Å². The molecule has 3 saturated heterocycles. The number of hydrogen-bond donors (Lipinski definition) is 0. The van der Waals surface area contributed by atoms with Crippen LogP contribution in [0.25, 0.3) is 0 Å². The number of benzene rings is 6. The molecule has 3 aliphatic rings. The molecule has 11 nitrogen and oxygen atoms in total. The van der Waals surface area contributed by atoms with E-state index in [2.05, 4.69) is 0 Å². The molecule has 11 atom stereocenters. The molecule has 9 rings (SSSR count). The van der Waals surface area contributed by atoms with Gasteiger partial charge in [0.2, 0.25) is 0 Å². The maximum Gasteiger partial charge on any atom is 0.338 e. The van der Waals surface area contributed by atoms with E-state index in [0.29, 0.717) is 18.8 Å². The number of hydrogen-bond acceptors (Lipinski definition) is 12. The smallest absolute Gasteiger partial charge is 0.338 e. The van der Waals surface area contributed by atoms with Gasteiger partial charge >= 0.3 is 5.97 Å². The molecule has 348 valence electrons. The predicted octanol–water partition coefficient (Wildman–Crippen LogP) is 9.50. The van der Waals surface area contributed by atoms with Crippen LogP contribution in [0.15, 0.2) is 182 Å². The summed E-state index contributed by atoms with van der Waals surface area (Å²) in [6.45, 7) is 1.37. The molecule has 0 aromatic heterocycles. The highest BCUT2D eigenvalue weighted by Crippen LogP contribution is 2.41. The standard InChI is InChI=1S/C55H56O11S/c1-67-55-51(60-35-41-26-14-5-15-27-41)49(59-34-40-24-12-4-13-25-40)46(44(63-55)36-57-32-38-20-8-2-9-21-38)66-54-50(64-52(56)42-28-16-6-17-29-42)48(58-33-39-22-10-3-11-23-39)47-45(62-54)37-61-53(65-47)43-30-18-7-19-31-43/h2-31,44-51,53-55H,32-37H2,1H3/t44-,45-,46-,47-,48+,49+,50-,51-,53-,54+,55+/m1/s1. The fourth-order valence-corrected chi connectivity index (χ4v) is 9.33. The van der Waals surface area contributed by atoms with Gasteiger partial charge in [-0.15, -0.1) is 11.8 Å². The van der Waals surface area contributed by atoms with E-state index >= 15 is 0 Å². The van der Waals surface area contributed by atoms with Gasteiger partial charge < -0.3 is 47.4 Å². The number of carbonyl (C=O) groups excluding carboxylic acids is 1. The molecule has 3 heterocycles. The third-order valence-electron chi connectivity index (χ3n) is 12.0. The highest BCUT2D eigenvalue weighted by atomic mass is 32.2. The van der Waals surface area contributed by atoms with Crippen LogP contribution in [0.5, 0.6) is 0 Å². The summed E-state index contributed by atoms with van der Waals surface area (Å²) < 4.78 is 68.0. The Bertz CT molecular complexity index is 2370. The largest absolute Gasteiger partial charge is 0.450 e. The molecule has 0 N–H and O–H groups in total. The summed E-state index contributed by atoms with van der Waals surface area (Å²) in [6, 6.07) is 58.3. The average Bonchev–Trinajstić information content (AvgIpc) is 3.39. The Morgan fingerprint density at radius 2 is 1.03 bits per heavy atom. The minimum absolute atomic E-state index is 0.138. The molecule has 3 fully saturated rings. The van der Waals surface area contributed by atoms with E-state index in [4.69, 9.17) is 47.4 Å². The number of ether oxygens (including phenoxy) is 10. The molecule has 0 amide bonds. The Hall–Kier alpha value is -5.22. The second-order valence-electron chi connectivity index (χ2n) is 16.6. The van der Waals surface area contributed by atoms with Gasteiger partial charge in [-0.3, -0.25) is 0 Å². The van der Waals surface area contributed by atoms with Crippen molar-refractivity contribution in [2.45, 2.75) is 93.3 Å². The van der Waals surface area contributed by atoms with Gasteiger partial charge in [-0.25, -0.2) is 4.79 Å². The second kappa shape index (κ2) is 23.7. The van der Waals surface area contributed by atoms with Crippen molar-refractivity contribution in [3.8, 4) is 0 Å². The van der Waals surface area contributed by atoms with Crippen LogP contribution in [-0.4, -0.2) is 86.0 Å². The number of fused-ring (bicyclic) bond motifs is 1. The Morgan fingerprint density at radius 3 is 1.58 bits per heavy atom. The first-order chi connectivity index (χ1) is 33.1. The summed E-state index contributed by atoms with van der Waals surface area (Å²) in [7, 11) is 0. The molecule has 0 saturated carbocycles. The van der Waals surface area contributed by atoms with Crippen molar-refractivity contribution in [1.29, 1.82) is 0 Å². The van der Waals surface area contributed by atoms with Gasteiger partial charge in [-0.2, -0.15) is 0 Å². The summed E-state index contributed by atoms with van der Waals surface area (Å²) in [5.41, 5.74) is 4.61. The van der Waals surface area contributed by atoms with Crippen molar-refractivity contribution in [1.82, 2.24) is 0 Å². The Kier molecular flexibility index (Phi) is 16.6. The zero-order valence-corrected chi connectivity index (χ0v) is 38.1. The lowest BCUT2D eigenvalue weighted by atomic mass is 9.95. The lowest BCUT2D eigenvalue weighted by Crippen LogP contribution is -2.67. The van der Waals surface area contributed by atoms with Gasteiger partial charge in [0.25, 0.3) is 0 Å². The Morgan fingerprint density at radius 1 is 0.537 bits per heavy atom. The summed E-state index contributed by atoms with van der Waals surface area (Å²) in [5, 5.41) is 0. The van der Waals surface area contributed by atoms with Crippen molar-refractivity contribution in [3.05, 3.63) is 215 Å². The van der Waals surface area contributed by atoms with E-state index in [0.717, 1.165) is 27.8 Å². The topological polar surface area (TPSA) is 109 Å². The maximum absolute atomic E-state index is 14.3. The third-order valence-corrected chi connectivity index (χ3v) is 12.8. The summed E-state index contributed by atoms with van der Waals surface area (Å²) >= 11 is 1.53. The quantitative estimate of drug-likeness (QED) is 0.0723. The van der Waals surface area contributed by atoms with E-state index in [1.807, 2.05) is 164 Å². The summed E-state index contributed by atoms with van der Waals surface area (Å²) in [4.78, 5) is 14.3. The van der Waals surface area contributed by atoms with E-state index in [-0.39, 0.29) is 26.4 Å². The maximum atomic E-state index is 14.3. The van der Waals surface area contributed by atoms with Crippen LogP contribution in [0, 0.1) is 0 Å². The number of carbonyl (C=O) groups is 1. The molecule has 12 heteroatoms. The average molecular weight is 925 g/mol. The third kappa shape index (κ3) is 12.3. The van der Waals surface area contributed by atoms with Crippen LogP contribution < -0.4 is 0 Å². The first kappa shape index (κ1) is 46.9. The normalized spacial score (nSPS) is 27.1. The van der Waals surface area contributed by atoms with Crippen LogP contribution in [-0.2, 0) is 73.8 Å². The molecule has 67 heavy (non-hydrogen) atoms. The van der Waals surface area contributed by atoms with Gasteiger partial charge in [-0.05, 0) is 40.6 Å². The zero-order valence-electron chi connectivity index (χ0n) is 37.3. The molecule has 0 aliphatic carbocycles. The molecule has 0 radical (unpaired) electrons. The van der Waals surface area contributed by atoms with Crippen molar-refractivity contribution < 1.29 is 52.2 Å². The first-order valence-corrected chi connectivity index (χ1v) is 24.0. The number of esters is 1. The van der Waals surface area contributed by atoms with Crippen molar-refractivity contribution in [3.63, 3.8) is 0 Å². The predicted molar refractivity (Wildman–Crippen MR) is 253 cm³/mol. The SMILES string of the molecule is CS[C@@H]1O[C@H](COCc2ccccc2)[C@@H](O[C@@H]2O[C@@H]3CO[C@@H](c4ccccc4)O[C@H]3[C@H](OCc3ccccc3)[C@H]2OC(=O)c2ccccc2)[C@H](OCc2ccccc2)[C@H]1OCc1ccccc1. The first-order valence-electron chi connectivity index (χ1n) is 22.7. The van der Waals surface area contributed by atoms with Crippen LogP contribution >= 0.6 is 11.8 Å². The number of thioether (sulfide) groups is 1. The molecule has 6 aromatic rings. The lowest BCUT2D eigenvalue weighted by molar-refractivity contribution is -0.383. The monoisotopic (exact) mass is 924 g/mol. The fraction of sp³-hybridized carbons (Fsp3) is 0.327. The minimum Gasteiger partial charge on any atom is -0.450 e. The van der Waals surface area contributed by atoms with Crippen molar-refractivity contribution in [2.24, 2.45) is 0 Å². The summed E-state index contributed by atoms with van der Waals surface area (Å²) in [5.74, 6) is -0.577. The molecular weight excluding hydrogens is 869 g/mol. The van der Waals surface area contributed by atoms with Crippen LogP contribution in [0.4, 0.5) is 0 Å². The van der Waals surface area contributed by atoms with E-state index in [1.165, 1.54) is 11.8 Å². The molecule has 0 spiro atoms. The Balaban J connectivity index is 1.09. The Labute approximate surface area is 396 Å². The summed E-state index contributed by atoms with van der Waals surface area (Å²) in [6.07, 6.45) is -6.40. The lowest BCUT2D eigenvalue weighted by Gasteiger charge is -2.51. The van der Waals surface area contributed by atoms with E-state index in [9.17, 15) is 4.79 Å². The highest BCUT2D eigenvalue weighted by Gasteiger charge is 2.56. The molecule has 3 aliphatic heterocycles. The van der Waals surface area contributed by atoms with Gasteiger partial charge in [0.1, 0.15) is 48.2 Å². The molecule has 0 unspecified atom stereocenters. The highest BCUT2D eigenvalue weighted by molar-refractivity contribution is 7.99. The van der Waals surface area contributed by atoms with E-state index < -0.39 is 72.8 Å². The van der Waals surface area contributed by atoms with Gasteiger partial charge in [0.05, 0.1) is 45.2 Å². The van der Waals surface area contributed by atoms with Crippen LogP contribution in [0.1, 0.15) is 44.5 Å². The molecular formula is C55H56O11S. The van der Waals surface area contributed by atoms with Gasteiger partial charge in [-0.1, -0.05) is 170 Å². The van der Waals surface area contributed by atoms with E-state index in [1.54, 1.807) is 24.3 Å². The fourth-order valence-electron chi connectivity index (χ4n) is 8.57. The molecule has 0 bridgehead atoms. The van der Waals surface area contributed by atoms with Gasteiger partial charge in [0.15, 0.2) is 18.7 Å². The van der Waals surface area contributed by atoms with Crippen molar-refractivity contribution in [2.75, 3.05) is 19.5 Å². The minimum atomic E-state index is -1.23. The van der Waals surface area contributed by atoms with Gasteiger partial charge in [0, 0.05) is 5.56 Å². The second-order valence-corrected chi connectivity index (χ2v) is 17.6. The molecule has 6 aromatic carbocycles. The van der Waals surface area contributed by atoms with Crippen LogP contribution in [0.3, 0.4) is 0 Å².